The number of benzene rings is 3. The number of nitrogens with zero attached hydrogens (tertiary/aromatic N) is 2. The number of thiazole rings is 1. The summed E-state index contributed by atoms with van der Waals surface area (Å²) in [5.74, 6) is -1.97. The number of halogens is 1. The number of hydrogen-bond donors (Lipinski definition) is 1. The first-order chi connectivity index (χ1) is 19.2. The Labute approximate surface area is 240 Å². The lowest BCUT2D eigenvalue weighted by Gasteiger charge is -2.31. The second kappa shape index (κ2) is 10.2. The maximum atomic E-state index is 14.0. The number of rotatable bonds is 6. The number of hydrogen-bond acceptors (Lipinski definition) is 8. The van der Waals surface area contributed by atoms with E-state index in [0.717, 1.165) is 39.1 Å². The van der Waals surface area contributed by atoms with Crippen LogP contribution in [0.15, 0.2) is 76.6 Å². The number of amides is 2. The van der Waals surface area contributed by atoms with Gasteiger partial charge in [-0.05, 0) is 42.8 Å². The number of aryl methyl sites for hydroxylation is 1. The molecule has 0 radical (unpaired) electrons. The van der Waals surface area contributed by atoms with Crippen LogP contribution in [0.5, 0.6) is 5.75 Å². The molecule has 2 aliphatic rings. The number of nitro groups is 1. The largest absolute Gasteiger partial charge is 0.489 e. The zero-order valence-electron chi connectivity index (χ0n) is 20.8. The molecule has 2 unspecified atom stereocenters. The number of imide groups is 1. The topological polar surface area (TPSA) is 123 Å². The molecule has 1 saturated heterocycles. The highest BCUT2D eigenvalue weighted by atomic mass is 35.5. The molecule has 1 fully saturated rings. The van der Waals surface area contributed by atoms with Gasteiger partial charge in [0.05, 0.1) is 21.6 Å². The zero-order chi connectivity index (χ0) is 28.1. The van der Waals surface area contributed by atoms with Crippen LogP contribution in [-0.2, 0) is 16.2 Å². The molecule has 202 valence electrons. The van der Waals surface area contributed by atoms with E-state index in [9.17, 15) is 24.5 Å². The second-order valence-corrected chi connectivity index (χ2v) is 12.1. The Balaban J connectivity index is 1.43. The molecule has 2 aliphatic heterocycles. The highest BCUT2D eigenvalue weighted by molar-refractivity contribution is 8.00. The van der Waals surface area contributed by atoms with Gasteiger partial charge in [-0.2, -0.15) is 0 Å². The average molecular weight is 594 g/mol. The van der Waals surface area contributed by atoms with Crippen LogP contribution in [0.3, 0.4) is 0 Å². The minimum absolute atomic E-state index is 0.151. The number of fused-ring (bicyclic) bond motifs is 2. The number of non-ortho nitro benzene ring substituents is 1. The van der Waals surface area contributed by atoms with Crippen LogP contribution in [0.25, 0.3) is 0 Å². The Morgan fingerprint density at radius 3 is 2.55 bits per heavy atom. The number of carbonyl (C=O) groups is 2. The molecule has 0 bridgehead atoms. The molecule has 3 heterocycles. The van der Waals surface area contributed by atoms with E-state index in [2.05, 4.69) is 4.98 Å². The van der Waals surface area contributed by atoms with Crippen LogP contribution in [0.2, 0.25) is 5.02 Å². The van der Waals surface area contributed by atoms with Gasteiger partial charge < -0.3 is 9.72 Å². The van der Waals surface area contributed by atoms with Crippen molar-refractivity contribution >= 4 is 57.9 Å². The van der Waals surface area contributed by atoms with Crippen molar-refractivity contribution in [2.75, 3.05) is 4.90 Å². The van der Waals surface area contributed by atoms with Crippen molar-refractivity contribution in [3.05, 3.63) is 113 Å². The van der Waals surface area contributed by atoms with E-state index in [1.165, 1.54) is 24.3 Å². The van der Waals surface area contributed by atoms with Gasteiger partial charge in [0, 0.05) is 33.5 Å². The molecule has 2 amide bonds. The predicted molar refractivity (Wildman–Crippen MR) is 152 cm³/mol. The van der Waals surface area contributed by atoms with Crippen molar-refractivity contribution in [3.63, 3.8) is 0 Å². The summed E-state index contributed by atoms with van der Waals surface area (Å²) in [7, 11) is 0. The van der Waals surface area contributed by atoms with Crippen LogP contribution < -0.4 is 14.5 Å². The number of aromatic amines is 1. The van der Waals surface area contributed by atoms with Gasteiger partial charge in [0.25, 0.3) is 5.69 Å². The van der Waals surface area contributed by atoms with Gasteiger partial charge >= 0.3 is 4.87 Å². The summed E-state index contributed by atoms with van der Waals surface area (Å²) in [4.78, 5) is 54.9. The molecule has 3 atom stereocenters. The fourth-order valence-electron chi connectivity index (χ4n) is 5.19. The van der Waals surface area contributed by atoms with E-state index in [0.29, 0.717) is 26.2 Å². The molecule has 0 spiro atoms. The van der Waals surface area contributed by atoms with E-state index in [1.54, 1.807) is 18.2 Å². The van der Waals surface area contributed by atoms with Gasteiger partial charge in [0.15, 0.2) is 0 Å². The molecular formula is C28H20ClN3O6S2. The number of nitro benzene ring substituents is 1. The first-order valence-electron chi connectivity index (χ1n) is 12.2. The number of thioether (sulfide) groups is 1. The van der Waals surface area contributed by atoms with Crippen LogP contribution in [0.1, 0.15) is 27.5 Å². The van der Waals surface area contributed by atoms with E-state index in [1.807, 2.05) is 31.2 Å². The van der Waals surface area contributed by atoms with Gasteiger partial charge in [-0.1, -0.05) is 64.5 Å². The Bertz CT molecular complexity index is 1730. The van der Waals surface area contributed by atoms with Crippen molar-refractivity contribution in [3.8, 4) is 5.75 Å². The van der Waals surface area contributed by atoms with Gasteiger partial charge in [-0.25, -0.2) is 4.90 Å². The summed E-state index contributed by atoms with van der Waals surface area (Å²) in [6.07, 6.45) is 0. The summed E-state index contributed by atoms with van der Waals surface area (Å²) in [5.41, 5.74) is 2.74. The number of aromatic nitrogens is 1. The Kier molecular flexibility index (Phi) is 6.73. The molecule has 1 aromatic heterocycles. The van der Waals surface area contributed by atoms with E-state index in [-0.39, 0.29) is 22.9 Å². The van der Waals surface area contributed by atoms with Crippen LogP contribution in [0.4, 0.5) is 11.4 Å². The van der Waals surface area contributed by atoms with Gasteiger partial charge in [-0.15, -0.1) is 0 Å². The molecule has 4 aromatic rings. The summed E-state index contributed by atoms with van der Waals surface area (Å²) in [6.45, 7) is 2.26. The number of anilines is 1. The Morgan fingerprint density at radius 1 is 1.05 bits per heavy atom. The normalized spacial score (nSPS) is 19.9. The van der Waals surface area contributed by atoms with Crippen LogP contribution in [0, 0.1) is 23.0 Å². The maximum absolute atomic E-state index is 14.0. The molecule has 1 N–H and O–H groups in total. The number of ether oxygens (including phenoxy) is 1. The van der Waals surface area contributed by atoms with Gasteiger partial charge in [0.2, 0.25) is 11.8 Å². The SMILES string of the molecule is Cc1cccc(COc2ccc(Cl)cc2[C@H]2c3sc(=O)[nH]c3SC3C(=O)N(c4ccc([N+](=O)[O-])cc4)C(=O)C32)c1. The summed E-state index contributed by atoms with van der Waals surface area (Å²) in [6, 6.07) is 18.3. The molecular weight excluding hydrogens is 574 g/mol. The smallest absolute Gasteiger partial charge is 0.305 e. The van der Waals surface area contributed by atoms with Crippen molar-refractivity contribution in [2.45, 2.75) is 29.7 Å². The fourth-order valence-corrected chi connectivity index (χ4v) is 7.87. The second-order valence-electron chi connectivity index (χ2n) is 9.50. The number of H-pyrrole nitrogens is 1. The fraction of sp³-hybridized carbons (Fsp3) is 0.179. The summed E-state index contributed by atoms with van der Waals surface area (Å²) in [5, 5.41) is 11.2. The molecule has 40 heavy (non-hydrogen) atoms. The minimum Gasteiger partial charge on any atom is -0.489 e. The average Bonchev–Trinajstić information content (AvgIpc) is 3.42. The third-order valence-corrected chi connectivity index (χ3v) is 9.56. The van der Waals surface area contributed by atoms with Gasteiger partial charge in [-0.3, -0.25) is 24.5 Å². The molecule has 12 heteroatoms. The van der Waals surface area contributed by atoms with Crippen molar-refractivity contribution in [1.82, 2.24) is 4.98 Å². The van der Waals surface area contributed by atoms with Crippen LogP contribution >= 0.6 is 34.7 Å². The Hall–Kier alpha value is -3.93. The summed E-state index contributed by atoms with van der Waals surface area (Å²) < 4.78 is 6.24. The first-order valence-corrected chi connectivity index (χ1v) is 14.3. The monoisotopic (exact) mass is 593 g/mol. The van der Waals surface area contributed by atoms with Crippen molar-refractivity contribution < 1.29 is 19.2 Å². The third kappa shape index (κ3) is 4.59. The van der Waals surface area contributed by atoms with Crippen LogP contribution in [-0.4, -0.2) is 27.0 Å². The lowest BCUT2D eigenvalue weighted by Crippen LogP contribution is -2.32. The first kappa shape index (κ1) is 26.3. The summed E-state index contributed by atoms with van der Waals surface area (Å²) >= 11 is 8.57. The van der Waals surface area contributed by atoms with Gasteiger partial charge in [0.1, 0.15) is 17.6 Å². The predicted octanol–water partition coefficient (Wildman–Crippen LogP) is 5.68. The van der Waals surface area contributed by atoms with Crippen molar-refractivity contribution in [1.29, 1.82) is 0 Å². The Morgan fingerprint density at radius 2 is 1.82 bits per heavy atom. The molecule has 6 rings (SSSR count). The maximum Gasteiger partial charge on any atom is 0.305 e. The molecule has 0 saturated carbocycles. The lowest BCUT2D eigenvalue weighted by molar-refractivity contribution is -0.384. The van der Waals surface area contributed by atoms with E-state index >= 15 is 0 Å². The number of nitrogens with one attached hydrogen (secondary N) is 1. The highest BCUT2D eigenvalue weighted by Gasteiger charge is 2.56. The molecule has 0 aliphatic carbocycles. The van der Waals surface area contributed by atoms with E-state index < -0.39 is 33.8 Å². The van der Waals surface area contributed by atoms with E-state index in [4.69, 9.17) is 16.3 Å². The lowest BCUT2D eigenvalue weighted by atomic mass is 9.82. The molecule has 3 aromatic carbocycles. The molecule has 9 nitrogen and oxygen atoms in total. The number of carbonyl (C=O) groups excluding carboxylic acids is 2. The third-order valence-electron chi connectivity index (χ3n) is 6.93. The quantitative estimate of drug-likeness (QED) is 0.173. The highest BCUT2D eigenvalue weighted by Crippen LogP contribution is 2.54. The van der Waals surface area contributed by atoms with Crippen molar-refractivity contribution in [2.24, 2.45) is 5.92 Å². The zero-order valence-corrected chi connectivity index (χ0v) is 23.2. The standard InChI is InChI=1S/C28H20ClN3O6S2/c1-14-3-2-4-15(11-14)13-38-20-10-5-16(29)12-19(20)21-22-24(39-25-23(21)40-28(35)30-25)27(34)31(26(22)33)17-6-8-18(9-7-17)32(36)37/h2-12,21-22,24H,13H2,1H3,(H,30,35)/t21-,22?,24?/m1/s1. The minimum atomic E-state index is -0.855.